The fourth-order valence-corrected chi connectivity index (χ4v) is 4.58. The molecule has 1 unspecified atom stereocenters. The van der Waals surface area contributed by atoms with Crippen LogP contribution in [0.1, 0.15) is 27.2 Å². The van der Waals surface area contributed by atoms with Crippen LogP contribution in [0.5, 0.6) is 5.75 Å². The summed E-state index contributed by atoms with van der Waals surface area (Å²) in [6, 6.07) is 23.7. The lowest BCUT2D eigenvalue weighted by Crippen LogP contribution is -2.44. The zero-order chi connectivity index (χ0) is 25.3. The number of benzene rings is 3. The Labute approximate surface area is 209 Å². The Morgan fingerprint density at radius 3 is 2.33 bits per heavy atom. The number of nitrogens with one attached hydrogen (secondary N) is 1. The quantitative estimate of drug-likeness (QED) is 0.292. The third-order valence-electron chi connectivity index (χ3n) is 5.99. The van der Waals surface area contributed by atoms with Crippen molar-refractivity contribution in [2.24, 2.45) is 0 Å². The van der Waals surface area contributed by atoms with Gasteiger partial charge >= 0.3 is 22.1 Å². The Balaban J connectivity index is 1.46. The smallest absolute Gasteiger partial charge is 0.362 e. The van der Waals surface area contributed by atoms with Crippen molar-refractivity contribution in [1.82, 2.24) is 4.98 Å². The fourth-order valence-electron chi connectivity index (χ4n) is 4.23. The van der Waals surface area contributed by atoms with Crippen molar-refractivity contribution in [3.05, 3.63) is 107 Å². The second-order valence-electron chi connectivity index (χ2n) is 8.71. The lowest BCUT2D eigenvalue weighted by Gasteiger charge is -2.07. The first-order valence-corrected chi connectivity index (χ1v) is 12.7. The average Bonchev–Trinajstić information content (AvgIpc) is 3.16. The molecule has 2 heterocycles. The molecule has 1 aliphatic rings. The second kappa shape index (κ2) is 9.52. The summed E-state index contributed by atoms with van der Waals surface area (Å²) in [6.45, 7) is 2.02. The van der Waals surface area contributed by atoms with Crippen LogP contribution in [-0.2, 0) is 23.2 Å². The Hall–Kier alpha value is -4.08. The number of hydrogen-bond acceptors (Lipinski definition) is 6. The molecular weight excluding hydrogens is 478 g/mol. The van der Waals surface area contributed by atoms with Gasteiger partial charge in [-0.1, -0.05) is 72.3 Å². The highest BCUT2D eigenvalue weighted by molar-refractivity contribution is 7.81. The van der Waals surface area contributed by atoms with Crippen LogP contribution in [0.4, 0.5) is 5.82 Å². The highest BCUT2D eigenvalue weighted by Gasteiger charge is 2.41. The number of nitrogens with zero attached hydrogens (tertiary/aromatic N) is 2. The van der Waals surface area contributed by atoms with E-state index in [4.69, 9.17) is 9.54 Å². The third kappa shape index (κ3) is 5.27. The molecule has 4 aromatic rings. The molecule has 8 nitrogen and oxygen atoms in total. The van der Waals surface area contributed by atoms with E-state index in [-0.39, 0.29) is 11.7 Å². The highest BCUT2D eigenvalue weighted by Crippen LogP contribution is 2.25. The number of aryl methyl sites for hydroxylation is 1. The lowest BCUT2D eigenvalue weighted by molar-refractivity contribution is -0.552. The van der Waals surface area contributed by atoms with Crippen molar-refractivity contribution >= 4 is 22.1 Å². The number of carbonyl (C=O) groups is 1. The van der Waals surface area contributed by atoms with Gasteiger partial charge in [0.2, 0.25) is 0 Å². The Bertz CT molecular complexity index is 1520. The van der Waals surface area contributed by atoms with Crippen molar-refractivity contribution in [2.45, 2.75) is 25.8 Å². The summed E-state index contributed by atoms with van der Waals surface area (Å²) in [5.74, 6) is 0.547. The predicted octanol–water partition coefficient (Wildman–Crippen LogP) is 3.79. The van der Waals surface area contributed by atoms with E-state index in [1.807, 2.05) is 61.5 Å². The first-order valence-electron chi connectivity index (χ1n) is 11.4. The SMILES string of the molecule is Cc1ccc(-c2c[n+]3c(c(Cc4ccccc4)n2)NC(Cc2ccc(OS(=O)(=O)O)cc2)C3=O)cc1. The molecule has 0 radical (unpaired) electrons. The summed E-state index contributed by atoms with van der Waals surface area (Å²) in [7, 11) is -4.59. The minimum Gasteiger partial charge on any atom is -0.362 e. The predicted molar refractivity (Wildman–Crippen MR) is 134 cm³/mol. The van der Waals surface area contributed by atoms with Gasteiger partial charge in [-0.3, -0.25) is 9.87 Å². The molecule has 1 aliphatic heterocycles. The van der Waals surface area contributed by atoms with Gasteiger partial charge in [0.15, 0.2) is 6.04 Å². The summed E-state index contributed by atoms with van der Waals surface area (Å²) in [4.78, 5) is 18.4. The first kappa shape index (κ1) is 23.7. The average molecular weight is 503 g/mol. The molecule has 0 bridgehead atoms. The molecule has 1 atom stereocenters. The number of carbonyl (C=O) groups excluding carboxylic acids is 1. The molecule has 1 aromatic heterocycles. The van der Waals surface area contributed by atoms with Crippen molar-refractivity contribution in [1.29, 1.82) is 0 Å². The van der Waals surface area contributed by atoms with Gasteiger partial charge in [0, 0.05) is 18.4 Å². The number of hydrogen-bond donors (Lipinski definition) is 2. The highest BCUT2D eigenvalue weighted by atomic mass is 32.3. The molecule has 0 fully saturated rings. The molecule has 0 amide bonds. The first-order chi connectivity index (χ1) is 17.2. The minimum atomic E-state index is -4.59. The summed E-state index contributed by atoms with van der Waals surface area (Å²) < 4.78 is 36.8. The van der Waals surface area contributed by atoms with Gasteiger partial charge in [-0.2, -0.15) is 13.0 Å². The van der Waals surface area contributed by atoms with Crippen LogP contribution < -0.4 is 14.1 Å². The van der Waals surface area contributed by atoms with E-state index in [1.54, 1.807) is 22.9 Å². The molecular formula is C27H24N3O5S+. The summed E-state index contributed by atoms with van der Waals surface area (Å²) in [5.41, 5.74) is 5.44. The van der Waals surface area contributed by atoms with E-state index in [0.29, 0.717) is 24.4 Å². The van der Waals surface area contributed by atoms with Crippen LogP contribution in [-0.4, -0.2) is 29.9 Å². The zero-order valence-electron chi connectivity index (χ0n) is 19.5. The van der Waals surface area contributed by atoms with Crippen molar-refractivity contribution in [3.63, 3.8) is 0 Å². The molecule has 0 saturated carbocycles. The molecule has 36 heavy (non-hydrogen) atoms. The fraction of sp³-hybridized carbons (Fsp3) is 0.148. The van der Waals surface area contributed by atoms with Crippen LogP contribution in [0.2, 0.25) is 0 Å². The van der Waals surface area contributed by atoms with Crippen molar-refractivity contribution in [3.8, 4) is 17.0 Å². The van der Waals surface area contributed by atoms with E-state index < -0.39 is 16.4 Å². The summed E-state index contributed by atoms with van der Waals surface area (Å²) in [6.07, 6.45) is 2.70. The number of fused-ring (bicyclic) bond motifs is 1. The van der Waals surface area contributed by atoms with Crippen LogP contribution >= 0.6 is 0 Å². The maximum absolute atomic E-state index is 13.4. The standard InChI is InChI=1S/C27H23N3O5S/c1-18-7-11-21(12-8-18)25-17-30-26(23(28-25)15-19-5-3-2-4-6-19)29-24(27(30)31)16-20-9-13-22(14-10-20)35-36(32,33)34/h2-14,17,24H,15-16H2,1H3,(H,32,33,34)/p+1. The number of aromatic nitrogens is 2. The zero-order valence-corrected chi connectivity index (χ0v) is 20.3. The number of rotatable bonds is 7. The topological polar surface area (TPSA) is 109 Å². The van der Waals surface area contributed by atoms with Crippen LogP contribution in [0, 0.1) is 6.92 Å². The van der Waals surface area contributed by atoms with E-state index in [0.717, 1.165) is 27.9 Å². The van der Waals surface area contributed by atoms with E-state index in [1.165, 1.54) is 12.1 Å². The van der Waals surface area contributed by atoms with Crippen LogP contribution in [0.3, 0.4) is 0 Å². The third-order valence-corrected chi connectivity index (χ3v) is 6.40. The normalized spacial score (nSPS) is 14.8. The Morgan fingerprint density at radius 1 is 0.972 bits per heavy atom. The maximum atomic E-state index is 13.4. The Morgan fingerprint density at radius 2 is 1.67 bits per heavy atom. The Kier molecular flexibility index (Phi) is 6.26. The van der Waals surface area contributed by atoms with Gasteiger partial charge in [-0.15, -0.1) is 0 Å². The van der Waals surface area contributed by atoms with E-state index in [2.05, 4.69) is 9.50 Å². The number of anilines is 1. The summed E-state index contributed by atoms with van der Waals surface area (Å²) >= 11 is 0. The van der Waals surface area contributed by atoms with Crippen LogP contribution in [0.15, 0.2) is 85.1 Å². The van der Waals surface area contributed by atoms with Gasteiger partial charge in [0.05, 0.1) is 0 Å². The van der Waals surface area contributed by atoms with Gasteiger partial charge in [-0.25, -0.2) is 9.78 Å². The molecule has 0 saturated heterocycles. The minimum absolute atomic E-state index is 0.0123. The second-order valence-corrected chi connectivity index (χ2v) is 9.74. The van der Waals surface area contributed by atoms with Gasteiger partial charge in [-0.05, 0) is 30.2 Å². The molecule has 2 N–H and O–H groups in total. The maximum Gasteiger partial charge on any atom is 0.446 e. The molecule has 5 rings (SSSR count). The van der Waals surface area contributed by atoms with Crippen molar-refractivity contribution in [2.75, 3.05) is 5.32 Å². The van der Waals surface area contributed by atoms with Gasteiger partial charge in [0.25, 0.3) is 0 Å². The van der Waals surface area contributed by atoms with Crippen LogP contribution in [0.25, 0.3) is 11.3 Å². The van der Waals surface area contributed by atoms with Crippen molar-refractivity contribution < 1.29 is 26.5 Å². The summed E-state index contributed by atoms with van der Waals surface area (Å²) in [5, 5.41) is 3.35. The van der Waals surface area contributed by atoms with E-state index >= 15 is 0 Å². The molecule has 3 aromatic carbocycles. The molecule has 0 aliphatic carbocycles. The van der Waals surface area contributed by atoms with E-state index in [9.17, 15) is 13.2 Å². The molecule has 9 heteroatoms. The molecule has 182 valence electrons. The molecule has 0 spiro atoms. The largest absolute Gasteiger partial charge is 0.446 e. The van der Waals surface area contributed by atoms with Gasteiger partial charge < -0.3 is 4.18 Å². The van der Waals surface area contributed by atoms with Gasteiger partial charge in [0.1, 0.15) is 23.3 Å². The monoisotopic (exact) mass is 502 g/mol. The lowest BCUT2D eigenvalue weighted by atomic mass is 10.1.